The zero-order valence-electron chi connectivity index (χ0n) is 19.8. The average molecular weight is 515 g/mol. The molecule has 1 aliphatic rings. The normalized spacial score (nSPS) is 15.4. The third-order valence-electron chi connectivity index (χ3n) is 5.93. The van der Waals surface area contributed by atoms with Crippen molar-refractivity contribution in [2.24, 2.45) is 4.99 Å². The minimum atomic E-state index is -0.715. The monoisotopic (exact) mass is 514 g/mol. The van der Waals surface area contributed by atoms with Crippen LogP contribution in [-0.4, -0.2) is 17.1 Å². The van der Waals surface area contributed by atoms with Gasteiger partial charge in [0.1, 0.15) is 0 Å². The predicted octanol–water partition coefficient (Wildman–Crippen LogP) is 4.90. The van der Waals surface area contributed by atoms with Crippen LogP contribution >= 0.6 is 22.9 Å². The van der Waals surface area contributed by atoms with Gasteiger partial charge in [-0.3, -0.25) is 9.36 Å². The molecule has 0 amide bonds. The van der Waals surface area contributed by atoms with Crippen molar-refractivity contribution in [1.82, 2.24) is 4.57 Å². The van der Waals surface area contributed by atoms with Crippen LogP contribution in [0.5, 0.6) is 0 Å². The van der Waals surface area contributed by atoms with E-state index in [-0.39, 0.29) is 12.2 Å². The molecule has 0 saturated heterocycles. The van der Waals surface area contributed by atoms with Crippen LogP contribution in [0.25, 0.3) is 11.8 Å². The van der Waals surface area contributed by atoms with Gasteiger partial charge in [0.05, 0.1) is 28.5 Å². The van der Waals surface area contributed by atoms with E-state index in [4.69, 9.17) is 21.3 Å². The molecule has 1 atom stereocenters. The SMILES string of the molecule is CCOC(=O)C1=C(c2ccccc2)N=c2s/c(=C\c3ccc(C)cc3)c(=O)n2[C@H]1c1ccc(Cl)cc1. The number of benzene rings is 3. The third kappa shape index (κ3) is 4.57. The van der Waals surface area contributed by atoms with Crippen LogP contribution in [0, 0.1) is 6.92 Å². The Bertz CT molecular complexity index is 1630. The van der Waals surface area contributed by atoms with Crippen molar-refractivity contribution in [2.75, 3.05) is 6.61 Å². The molecule has 1 aromatic heterocycles. The van der Waals surface area contributed by atoms with Gasteiger partial charge < -0.3 is 4.74 Å². The number of hydrogen-bond donors (Lipinski definition) is 0. The number of esters is 1. The molecule has 3 aromatic carbocycles. The molecule has 0 fully saturated rings. The summed E-state index contributed by atoms with van der Waals surface area (Å²) in [5.41, 5.74) is 4.18. The van der Waals surface area contributed by atoms with E-state index in [0.717, 1.165) is 22.3 Å². The molecule has 0 unspecified atom stereocenters. The number of ether oxygens (including phenoxy) is 1. The summed E-state index contributed by atoms with van der Waals surface area (Å²) in [7, 11) is 0. The maximum absolute atomic E-state index is 13.8. The lowest BCUT2D eigenvalue weighted by Crippen LogP contribution is -2.40. The first kappa shape index (κ1) is 24.0. The Hall–Kier alpha value is -3.74. The number of aromatic nitrogens is 1. The molecule has 1 aliphatic heterocycles. The number of rotatable bonds is 5. The Morgan fingerprint density at radius 2 is 1.75 bits per heavy atom. The number of carbonyl (C=O) groups is 1. The highest BCUT2D eigenvalue weighted by Crippen LogP contribution is 2.35. The van der Waals surface area contributed by atoms with E-state index in [9.17, 15) is 9.59 Å². The fraction of sp³-hybridized carbons (Fsp3) is 0.138. The van der Waals surface area contributed by atoms with Gasteiger partial charge in [-0.1, -0.05) is 95.2 Å². The molecule has 4 aromatic rings. The van der Waals surface area contributed by atoms with Crippen LogP contribution in [0.15, 0.2) is 94.2 Å². The highest BCUT2D eigenvalue weighted by molar-refractivity contribution is 7.07. The van der Waals surface area contributed by atoms with E-state index in [1.165, 1.54) is 11.3 Å². The van der Waals surface area contributed by atoms with Crippen molar-refractivity contribution < 1.29 is 9.53 Å². The predicted molar refractivity (Wildman–Crippen MR) is 144 cm³/mol. The topological polar surface area (TPSA) is 60.7 Å². The summed E-state index contributed by atoms with van der Waals surface area (Å²) in [6.07, 6.45) is 1.86. The second-order valence-electron chi connectivity index (χ2n) is 8.39. The van der Waals surface area contributed by atoms with Crippen LogP contribution < -0.4 is 14.9 Å². The van der Waals surface area contributed by atoms with Crippen LogP contribution in [0.4, 0.5) is 0 Å². The number of carbonyl (C=O) groups excluding carboxylic acids is 1. The van der Waals surface area contributed by atoms with Crippen LogP contribution in [0.3, 0.4) is 0 Å². The summed E-state index contributed by atoms with van der Waals surface area (Å²) in [4.78, 5) is 32.5. The standard InChI is InChI=1S/C29H23ClN2O3S/c1-3-35-28(34)24-25(20-7-5-4-6-8-20)31-29-32(26(24)21-13-15-22(30)16-14-21)27(33)23(36-29)17-19-11-9-18(2)10-12-19/h4-17,26H,3H2,1-2H3/b23-17-/t26-/m0/s1. The second kappa shape index (κ2) is 10.1. The molecule has 36 heavy (non-hydrogen) atoms. The molecule has 0 radical (unpaired) electrons. The highest BCUT2D eigenvalue weighted by atomic mass is 35.5. The second-order valence-corrected chi connectivity index (χ2v) is 9.84. The number of halogens is 1. The molecule has 2 heterocycles. The van der Waals surface area contributed by atoms with Gasteiger partial charge in [-0.15, -0.1) is 0 Å². The summed E-state index contributed by atoms with van der Waals surface area (Å²) in [5, 5.41) is 0.565. The maximum Gasteiger partial charge on any atom is 0.338 e. The van der Waals surface area contributed by atoms with E-state index >= 15 is 0 Å². The van der Waals surface area contributed by atoms with Gasteiger partial charge >= 0.3 is 5.97 Å². The summed E-state index contributed by atoms with van der Waals surface area (Å²) in [6.45, 7) is 3.98. The number of hydrogen-bond acceptors (Lipinski definition) is 5. The molecule has 180 valence electrons. The first-order valence-electron chi connectivity index (χ1n) is 11.6. The van der Waals surface area contributed by atoms with E-state index < -0.39 is 12.0 Å². The lowest BCUT2D eigenvalue weighted by molar-refractivity contribution is -0.138. The van der Waals surface area contributed by atoms with Gasteiger partial charge in [-0.25, -0.2) is 9.79 Å². The Morgan fingerprint density at radius 1 is 1.06 bits per heavy atom. The number of fused-ring (bicyclic) bond motifs is 1. The summed E-state index contributed by atoms with van der Waals surface area (Å²) >= 11 is 7.47. The van der Waals surface area contributed by atoms with E-state index in [0.29, 0.717) is 25.6 Å². The van der Waals surface area contributed by atoms with Crippen molar-refractivity contribution >= 4 is 40.7 Å². The Kier molecular flexibility index (Phi) is 6.72. The zero-order chi connectivity index (χ0) is 25.2. The summed E-state index contributed by atoms with van der Waals surface area (Å²) < 4.78 is 7.60. The molecular formula is C29H23ClN2O3S. The molecular weight excluding hydrogens is 492 g/mol. The largest absolute Gasteiger partial charge is 0.463 e. The molecule has 5 nitrogen and oxygen atoms in total. The van der Waals surface area contributed by atoms with Crippen molar-refractivity contribution in [1.29, 1.82) is 0 Å². The minimum absolute atomic E-state index is 0.204. The van der Waals surface area contributed by atoms with Crippen LogP contribution in [-0.2, 0) is 9.53 Å². The fourth-order valence-electron chi connectivity index (χ4n) is 4.21. The van der Waals surface area contributed by atoms with Crippen LogP contribution in [0.1, 0.15) is 35.2 Å². The van der Waals surface area contributed by atoms with E-state index in [1.54, 1.807) is 23.6 Å². The Morgan fingerprint density at radius 3 is 2.42 bits per heavy atom. The molecule has 0 aliphatic carbocycles. The molecule has 0 saturated carbocycles. The Balaban J connectivity index is 1.82. The zero-order valence-corrected chi connectivity index (χ0v) is 21.3. The molecule has 7 heteroatoms. The van der Waals surface area contributed by atoms with Crippen LogP contribution in [0.2, 0.25) is 5.02 Å². The third-order valence-corrected chi connectivity index (χ3v) is 7.17. The summed E-state index contributed by atoms with van der Waals surface area (Å²) in [6, 6.07) is 23.9. The van der Waals surface area contributed by atoms with Gasteiger partial charge in [-0.2, -0.15) is 0 Å². The molecule has 0 bridgehead atoms. The van der Waals surface area contributed by atoms with Crippen molar-refractivity contribution in [3.63, 3.8) is 0 Å². The lowest BCUT2D eigenvalue weighted by atomic mass is 9.93. The lowest BCUT2D eigenvalue weighted by Gasteiger charge is -2.25. The number of nitrogens with zero attached hydrogens (tertiary/aromatic N) is 2. The van der Waals surface area contributed by atoms with Crippen molar-refractivity contribution in [3.05, 3.63) is 131 Å². The average Bonchev–Trinajstić information content (AvgIpc) is 3.20. The molecule has 0 spiro atoms. The highest BCUT2D eigenvalue weighted by Gasteiger charge is 2.35. The number of thiazole rings is 1. The Labute approximate surface area is 217 Å². The van der Waals surface area contributed by atoms with Crippen molar-refractivity contribution in [3.8, 4) is 0 Å². The van der Waals surface area contributed by atoms with Gasteiger partial charge in [0, 0.05) is 10.6 Å². The quantitative estimate of drug-likeness (QED) is 0.356. The van der Waals surface area contributed by atoms with Gasteiger partial charge in [-0.05, 0) is 43.2 Å². The first-order valence-corrected chi connectivity index (χ1v) is 12.8. The molecule has 0 N–H and O–H groups in total. The minimum Gasteiger partial charge on any atom is -0.463 e. The van der Waals surface area contributed by atoms with Crippen molar-refractivity contribution in [2.45, 2.75) is 19.9 Å². The van der Waals surface area contributed by atoms with E-state index in [1.807, 2.05) is 79.7 Å². The van der Waals surface area contributed by atoms with Gasteiger partial charge in [0.2, 0.25) is 0 Å². The van der Waals surface area contributed by atoms with Gasteiger partial charge in [0.15, 0.2) is 4.80 Å². The van der Waals surface area contributed by atoms with Gasteiger partial charge in [0.25, 0.3) is 5.56 Å². The first-order chi connectivity index (χ1) is 17.5. The molecule has 5 rings (SSSR count). The maximum atomic E-state index is 13.8. The fourth-order valence-corrected chi connectivity index (χ4v) is 5.34. The number of aryl methyl sites for hydroxylation is 1. The van der Waals surface area contributed by atoms with E-state index in [2.05, 4.69) is 0 Å². The summed E-state index contributed by atoms with van der Waals surface area (Å²) in [5.74, 6) is -0.507. The smallest absolute Gasteiger partial charge is 0.338 e.